The van der Waals surface area contributed by atoms with Gasteiger partial charge in [0.25, 0.3) is 0 Å². The lowest BCUT2D eigenvalue weighted by Crippen LogP contribution is -2.21. The Morgan fingerprint density at radius 2 is 2.36 bits per heavy atom. The van der Waals surface area contributed by atoms with E-state index in [1.165, 1.54) is 15.3 Å². The summed E-state index contributed by atoms with van der Waals surface area (Å²) in [6.07, 6.45) is 1.97. The van der Waals surface area contributed by atoms with Crippen LogP contribution >= 0.6 is 33.9 Å². The fourth-order valence-corrected chi connectivity index (χ4v) is 4.11. The highest BCUT2D eigenvalue weighted by Gasteiger charge is 2.48. The summed E-state index contributed by atoms with van der Waals surface area (Å²) in [4.78, 5) is 13.7. The molecule has 0 amide bonds. The molecule has 1 aliphatic rings. The first-order valence-electron chi connectivity index (χ1n) is 4.76. The summed E-state index contributed by atoms with van der Waals surface area (Å²) in [5, 5.41) is 0. The van der Waals surface area contributed by atoms with E-state index in [-0.39, 0.29) is 8.84 Å². The zero-order valence-corrected chi connectivity index (χ0v) is 11.5. The van der Waals surface area contributed by atoms with Gasteiger partial charge in [-0.25, -0.2) is 0 Å². The molecule has 14 heavy (non-hydrogen) atoms. The molecule has 1 aromatic heterocycles. The molecule has 1 aliphatic carbocycles. The van der Waals surface area contributed by atoms with Crippen LogP contribution in [0.5, 0.6) is 0 Å². The Morgan fingerprint density at radius 1 is 1.71 bits per heavy atom. The van der Waals surface area contributed by atoms with Crippen LogP contribution in [0.15, 0.2) is 6.07 Å². The van der Waals surface area contributed by atoms with Gasteiger partial charge in [0.15, 0.2) is 0 Å². The molecule has 0 bridgehead atoms. The lowest BCUT2D eigenvalue weighted by molar-refractivity contribution is -0.112. The first kappa shape index (κ1) is 10.6. The second kappa shape index (κ2) is 3.04. The lowest BCUT2D eigenvalue weighted by atomic mass is 9.88. The molecule has 2 rings (SSSR count). The van der Waals surface area contributed by atoms with Gasteiger partial charge < -0.3 is 4.79 Å². The molecule has 0 aromatic carbocycles. The number of halogens is 1. The Morgan fingerprint density at radius 3 is 2.71 bits per heavy atom. The summed E-state index contributed by atoms with van der Waals surface area (Å²) in [6.45, 7) is 6.32. The van der Waals surface area contributed by atoms with Crippen molar-refractivity contribution in [3.63, 3.8) is 0 Å². The van der Waals surface area contributed by atoms with E-state index in [2.05, 4.69) is 42.5 Å². The van der Waals surface area contributed by atoms with E-state index in [0.29, 0.717) is 0 Å². The van der Waals surface area contributed by atoms with Crippen LogP contribution in [-0.4, -0.2) is 6.29 Å². The lowest BCUT2D eigenvalue weighted by Gasteiger charge is -2.19. The largest absolute Gasteiger partial charge is 0.302 e. The van der Waals surface area contributed by atoms with Gasteiger partial charge in [-0.2, -0.15) is 0 Å². The third-order valence-electron chi connectivity index (χ3n) is 3.16. The smallest absolute Gasteiger partial charge is 0.131 e. The van der Waals surface area contributed by atoms with E-state index < -0.39 is 0 Å². The van der Waals surface area contributed by atoms with Crippen molar-refractivity contribution in [3.05, 3.63) is 21.4 Å². The molecule has 0 saturated heterocycles. The van der Waals surface area contributed by atoms with Crippen LogP contribution in [0.1, 0.15) is 42.5 Å². The maximum atomic E-state index is 11.1. The van der Waals surface area contributed by atoms with Crippen LogP contribution in [0.4, 0.5) is 0 Å². The number of rotatable bonds is 3. The van der Waals surface area contributed by atoms with E-state index in [9.17, 15) is 4.79 Å². The Labute approximate surface area is 102 Å². The van der Waals surface area contributed by atoms with Crippen LogP contribution < -0.4 is 0 Å². The SMILES string of the molecule is CCC(C)(C=O)c1cc2c(s1)C2(C)I. The zero-order valence-electron chi connectivity index (χ0n) is 8.56. The molecule has 1 heterocycles. The minimum Gasteiger partial charge on any atom is -0.302 e. The van der Waals surface area contributed by atoms with Crippen molar-refractivity contribution in [2.75, 3.05) is 0 Å². The molecule has 1 nitrogen and oxygen atoms in total. The molecule has 0 fully saturated rings. The van der Waals surface area contributed by atoms with Gasteiger partial charge in [0.05, 0.1) is 8.84 Å². The molecule has 1 aromatic rings. The van der Waals surface area contributed by atoms with Crippen LogP contribution in [-0.2, 0) is 13.6 Å². The van der Waals surface area contributed by atoms with Gasteiger partial charge >= 0.3 is 0 Å². The summed E-state index contributed by atoms with van der Waals surface area (Å²) in [7, 11) is 0. The van der Waals surface area contributed by atoms with Crippen molar-refractivity contribution in [1.82, 2.24) is 0 Å². The van der Waals surface area contributed by atoms with E-state index in [4.69, 9.17) is 0 Å². The Kier molecular flexibility index (Phi) is 2.31. The molecule has 0 N–H and O–H groups in total. The summed E-state index contributed by atoms with van der Waals surface area (Å²) in [5.41, 5.74) is 1.17. The second-order valence-corrected chi connectivity index (χ2v) is 7.45. The van der Waals surface area contributed by atoms with E-state index >= 15 is 0 Å². The molecule has 76 valence electrons. The first-order valence-corrected chi connectivity index (χ1v) is 6.65. The quantitative estimate of drug-likeness (QED) is 0.472. The molecule has 0 spiro atoms. The van der Waals surface area contributed by atoms with Gasteiger partial charge in [-0.1, -0.05) is 29.5 Å². The highest BCUT2D eigenvalue weighted by molar-refractivity contribution is 14.1. The Bertz CT molecular complexity index is 370. The Hall–Kier alpha value is 0.1000. The van der Waals surface area contributed by atoms with Crippen molar-refractivity contribution in [3.8, 4) is 0 Å². The highest BCUT2D eigenvalue weighted by Crippen LogP contribution is 2.60. The molecule has 2 atom stereocenters. The molecular formula is C11H13IOS. The van der Waals surface area contributed by atoms with Gasteiger partial charge in [0.1, 0.15) is 6.29 Å². The van der Waals surface area contributed by atoms with Crippen molar-refractivity contribution >= 4 is 40.2 Å². The van der Waals surface area contributed by atoms with Crippen LogP contribution in [0.3, 0.4) is 0 Å². The summed E-state index contributed by atoms with van der Waals surface area (Å²) < 4.78 is 0.281. The summed E-state index contributed by atoms with van der Waals surface area (Å²) in [5.74, 6) is 0. The van der Waals surface area contributed by atoms with Crippen molar-refractivity contribution in [2.24, 2.45) is 0 Å². The fourth-order valence-electron chi connectivity index (χ4n) is 1.57. The maximum absolute atomic E-state index is 11.1. The number of aldehydes is 1. The molecule has 0 aliphatic heterocycles. The van der Waals surface area contributed by atoms with Gasteiger partial charge in [-0.3, -0.25) is 0 Å². The van der Waals surface area contributed by atoms with E-state index in [1.54, 1.807) is 11.3 Å². The average molecular weight is 320 g/mol. The number of hydrogen-bond donors (Lipinski definition) is 0. The molecular weight excluding hydrogens is 307 g/mol. The minimum absolute atomic E-state index is 0.259. The normalized spacial score (nSPS) is 28.0. The van der Waals surface area contributed by atoms with Gasteiger partial charge in [0.2, 0.25) is 0 Å². The molecule has 0 saturated carbocycles. The van der Waals surface area contributed by atoms with Crippen LogP contribution in [0, 0.1) is 0 Å². The number of carbonyl (C=O) groups excluding carboxylic acids is 1. The zero-order chi connectivity index (χ0) is 10.6. The minimum atomic E-state index is -0.259. The molecule has 2 unspecified atom stereocenters. The van der Waals surface area contributed by atoms with Crippen molar-refractivity contribution in [1.29, 1.82) is 0 Å². The van der Waals surface area contributed by atoms with E-state index in [1.807, 2.05) is 6.92 Å². The van der Waals surface area contributed by atoms with Gasteiger partial charge in [-0.15, -0.1) is 11.3 Å². The number of alkyl halides is 1. The van der Waals surface area contributed by atoms with Gasteiger partial charge in [0, 0.05) is 9.75 Å². The molecule has 3 heteroatoms. The second-order valence-electron chi connectivity index (χ2n) is 4.25. The highest BCUT2D eigenvalue weighted by atomic mass is 127. The fraction of sp³-hybridized carbons (Fsp3) is 0.545. The van der Waals surface area contributed by atoms with Gasteiger partial charge in [-0.05, 0) is 31.9 Å². The van der Waals surface area contributed by atoms with Crippen LogP contribution in [0.2, 0.25) is 0 Å². The predicted octanol–water partition coefficient (Wildman–Crippen LogP) is 3.63. The monoisotopic (exact) mass is 320 g/mol. The van der Waals surface area contributed by atoms with Crippen molar-refractivity contribution in [2.45, 2.75) is 36.0 Å². The van der Waals surface area contributed by atoms with E-state index in [0.717, 1.165) is 12.7 Å². The molecule has 0 radical (unpaired) electrons. The van der Waals surface area contributed by atoms with Crippen LogP contribution in [0.25, 0.3) is 0 Å². The summed E-state index contributed by atoms with van der Waals surface area (Å²) in [6, 6.07) is 2.21. The topological polar surface area (TPSA) is 17.1 Å². The third-order valence-corrected chi connectivity index (χ3v) is 6.28. The Balaban J connectivity index is 2.34. The number of carbonyl (C=O) groups is 1. The number of fused-ring (bicyclic) bond motifs is 1. The van der Waals surface area contributed by atoms with Crippen molar-refractivity contribution < 1.29 is 4.79 Å². The third kappa shape index (κ3) is 1.28. The average Bonchev–Trinajstić information content (AvgIpc) is 2.61. The number of hydrogen-bond acceptors (Lipinski definition) is 2. The maximum Gasteiger partial charge on any atom is 0.131 e. The summed E-state index contributed by atoms with van der Waals surface area (Å²) >= 11 is 4.27. The standard InChI is InChI=1S/C11H13IOS/c1-4-10(2,6-13)8-5-7-9(14-8)11(7,3)12/h5-6H,4H2,1-3H3. The first-order chi connectivity index (χ1) is 6.45. The predicted molar refractivity (Wildman–Crippen MR) is 68.5 cm³/mol. The number of thiophene rings is 1.